The number of halogens is 1. The van der Waals surface area contributed by atoms with E-state index in [-0.39, 0.29) is 4.90 Å². The summed E-state index contributed by atoms with van der Waals surface area (Å²) in [6.07, 6.45) is 3.08. The number of nitriles is 1. The second-order valence-corrected chi connectivity index (χ2v) is 9.82. The third-order valence-corrected chi connectivity index (χ3v) is 8.50. The molecule has 1 aromatic carbocycles. The Balaban J connectivity index is 1.86. The summed E-state index contributed by atoms with van der Waals surface area (Å²) in [5, 5.41) is 14.1. The number of nitrogens with zero attached hydrogens (tertiary/aromatic N) is 2. The molecule has 8 heteroatoms. The fourth-order valence-corrected chi connectivity index (χ4v) is 6.31. The average Bonchev–Trinajstić information content (AvgIpc) is 3.22. The molecule has 1 aliphatic carbocycles. The van der Waals surface area contributed by atoms with Crippen LogP contribution in [-0.2, 0) is 29.4 Å². The van der Waals surface area contributed by atoms with Crippen LogP contribution in [0.4, 0.5) is 5.00 Å². The number of hydrogen-bond donors (Lipinski definition) is 1. The summed E-state index contributed by atoms with van der Waals surface area (Å²) in [4.78, 5) is 1.51. The number of aryl methyl sites for hydroxylation is 1. The molecule has 0 fully saturated rings. The van der Waals surface area contributed by atoms with Crippen LogP contribution in [0.1, 0.15) is 41.8 Å². The molecule has 0 amide bonds. The van der Waals surface area contributed by atoms with Crippen molar-refractivity contribution in [3.63, 3.8) is 0 Å². The van der Waals surface area contributed by atoms with Crippen LogP contribution < -0.4 is 5.32 Å². The van der Waals surface area contributed by atoms with E-state index in [1.807, 2.05) is 13.8 Å². The lowest BCUT2D eigenvalue weighted by atomic mass is 10.1. The van der Waals surface area contributed by atoms with Crippen LogP contribution in [-0.4, -0.2) is 25.8 Å². The van der Waals surface area contributed by atoms with E-state index in [0.29, 0.717) is 30.2 Å². The third-order valence-electron chi connectivity index (χ3n) is 4.83. The van der Waals surface area contributed by atoms with Crippen LogP contribution in [0.5, 0.6) is 0 Å². The number of fused-ring (bicyclic) bond motifs is 1. The Morgan fingerprint density at radius 3 is 2.70 bits per heavy atom. The highest BCUT2D eigenvalue weighted by molar-refractivity contribution is 7.89. The Hall–Kier alpha value is -1.59. The van der Waals surface area contributed by atoms with Crippen molar-refractivity contribution >= 4 is 38.0 Å². The van der Waals surface area contributed by atoms with E-state index in [0.717, 1.165) is 35.4 Å². The molecule has 0 unspecified atom stereocenters. The standard InChI is InChI=1S/C19H22ClN3O2S2/c1-3-23(4-2)27(24,25)14-8-9-17(20)13(10-14)12-22-19-16(11-21)15-6-5-7-18(15)26-19/h8-10,22H,3-7,12H2,1-2H3. The van der Waals surface area contributed by atoms with Crippen LogP contribution in [0.15, 0.2) is 23.1 Å². The first-order chi connectivity index (χ1) is 12.9. The van der Waals surface area contributed by atoms with Gasteiger partial charge in [0.2, 0.25) is 10.0 Å². The topological polar surface area (TPSA) is 73.2 Å². The first kappa shape index (κ1) is 20.2. The van der Waals surface area contributed by atoms with E-state index in [1.165, 1.54) is 9.18 Å². The lowest BCUT2D eigenvalue weighted by Gasteiger charge is -2.19. The summed E-state index contributed by atoms with van der Waals surface area (Å²) in [7, 11) is -3.54. The number of anilines is 1. The summed E-state index contributed by atoms with van der Waals surface area (Å²) < 4.78 is 26.9. The van der Waals surface area contributed by atoms with Crippen molar-refractivity contribution in [3.05, 3.63) is 44.8 Å². The van der Waals surface area contributed by atoms with E-state index in [9.17, 15) is 13.7 Å². The van der Waals surface area contributed by atoms with Gasteiger partial charge in [0, 0.05) is 29.5 Å². The minimum absolute atomic E-state index is 0.238. The Morgan fingerprint density at radius 1 is 1.30 bits per heavy atom. The highest BCUT2D eigenvalue weighted by Crippen LogP contribution is 2.39. The SMILES string of the molecule is CCN(CC)S(=O)(=O)c1ccc(Cl)c(CNc2sc3c(c2C#N)CCC3)c1. The molecule has 0 bridgehead atoms. The van der Waals surface area contributed by atoms with Gasteiger partial charge in [0.1, 0.15) is 11.1 Å². The van der Waals surface area contributed by atoms with Gasteiger partial charge in [0.15, 0.2) is 0 Å². The van der Waals surface area contributed by atoms with E-state index in [1.54, 1.807) is 29.5 Å². The number of nitrogens with one attached hydrogen (secondary N) is 1. The fourth-order valence-electron chi connectivity index (χ4n) is 3.38. The molecule has 0 saturated heterocycles. The smallest absolute Gasteiger partial charge is 0.243 e. The molecule has 1 aromatic heterocycles. The molecule has 1 N–H and O–H groups in total. The predicted molar refractivity (Wildman–Crippen MR) is 110 cm³/mol. The van der Waals surface area contributed by atoms with Crippen molar-refractivity contribution in [2.75, 3.05) is 18.4 Å². The van der Waals surface area contributed by atoms with Crippen LogP contribution >= 0.6 is 22.9 Å². The summed E-state index contributed by atoms with van der Waals surface area (Å²) >= 11 is 7.92. The van der Waals surface area contributed by atoms with E-state index < -0.39 is 10.0 Å². The van der Waals surface area contributed by atoms with Crippen LogP contribution in [0.3, 0.4) is 0 Å². The lowest BCUT2D eigenvalue weighted by molar-refractivity contribution is 0.445. The molecule has 0 aliphatic heterocycles. The maximum absolute atomic E-state index is 12.7. The van der Waals surface area contributed by atoms with Gasteiger partial charge in [-0.15, -0.1) is 11.3 Å². The first-order valence-electron chi connectivity index (χ1n) is 8.99. The Kier molecular flexibility index (Phi) is 6.11. The second kappa shape index (κ2) is 8.19. The first-order valence-corrected chi connectivity index (χ1v) is 11.6. The molecule has 0 atom stereocenters. The molecular formula is C19H22ClN3O2S2. The van der Waals surface area contributed by atoms with E-state index >= 15 is 0 Å². The van der Waals surface area contributed by atoms with Gasteiger partial charge < -0.3 is 5.32 Å². The van der Waals surface area contributed by atoms with Crippen molar-refractivity contribution in [1.29, 1.82) is 5.26 Å². The number of sulfonamides is 1. The number of rotatable bonds is 7. The molecule has 2 aromatic rings. The molecule has 3 rings (SSSR count). The third kappa shape index (κ3) is 3.85. The van der Waals surface area contributed by atoms with Gasteiger partial charge in [0.25, 0.3) is 0 Å². The predicted octanol–water partition coefficient (Wildman–Crippen LogP) is 4.40. The molecule has 1 heterocycles. The maximum Gasteiger partial charge on any atom is 0.243 e. The Bertz CT molecular complexity index is 989. The molecule has 0 saturated carbocycles. The molecule has 27 heavy (non-hydrogen) atoms. The quantitative estimate of drug-likeness (QED) is 0.716. The zero-order valence-corrected chi connectivity index (χ0v) is 17.8. The second-order valence-electron chi connectivity index (χ2n) is 6.37. The molecule has 0 spiro atoms. The van der Waals surface area contributed by atoms with E-state index in [4.69, 9.17) is 11.6 Å². The minimum Gasteiger partial charge on any atom is -0.372 e. The fraction of sp³-hybridized carbons (Fsp3) is 0.421. The van der Waals surface area contributed by atoms with Gasteiger partial charge in [-0.25, -0.2) is 8.42 Å². The normalized spacial score (nSPS) is 13.6. The van der Waals surface area contributed by atoms with Crippen LogP contribution in [0, 0.1) is 11.3 Å². The Morgan fingerprint density at radius 2 is 2.04 bits per heavy atom. The Labute approximate surface area is 169 Å². The summed E-state index contributed by atoms with van der Waals surface area (Å²) in [6.45, 7) is 4.84. The molecule has 5 nitrogen and oxygen atoms in total. The summed E-state index contributed by atoms with van der Waals surface area (Å²) in [6, 6.07) is 7.09. The highest BCUT2D eigenvalue weighted by Gasteiger charge is 2.24. The van der Waals surface area contributed by atoms with Crippen molar-refractivity contribution in [2.24, 2.45) is 0 Å². The maximum atomic E-state index is 12.7. The van der Waals surface area contributed by atoms with Crippen molar-refractivity contribution in [1.82, 2.24) is 4.31 Å². The molecule has 0 radical (unpaired) electrons. The zero-order chi connectivity index (χ0) is 19.6. The minimum atomic E-state index is -3.54. The van der Waals surface area contributed by atoms with Gasteiger partial charge in [-0.2, -0.15) is 9.57 Å². The summed E-state index contributed by atoms with van der Waals surface area (Å²) in [5.41, 5.74) is 2.58. The highest BCUT2D eigenvalue weighted by atomic mass is 35.5. The van der Waals surface area contributed by atoms with Crippen molar-refractivity contribution in [2.45, 2.75) is 44.6 Å². The lowest BCUT2D eigenvalue weighted by Crippen LogP contribution is -2.30. The number of hydrogen-bond acceptors (Lipinski definition) is 5. The monoisotopic (exact) mass is 423 g/mol. The largest absolute Gasteiger partial charge is 0.372 e. The number of benzene rings is 1. The van der Waals surface area contributed by atoms with Crippen molar-refractivity contribution in [3.8, 4) is 6.07 Å². The van der Waals surface area contributed by atoms with Gasteiger partial charge >= 0.3 is 0 Å². The van der Waals surface area contributed by atoms with Gasteiger partial charge in [-0.1, -0.05) is 25.4 Å². The van der Waals surface area contributed by atoms with Crippen molar-refractivity contribution < 1.29 is 8.42 Å². The number of thiophene rings is 1. The average molecular weight is 424 g/mol. The zero-order valence-electron chi connectivity index (χ0n) is 15.4. The molecule has 1 aliphatic rings. The molecular weight excluding hydrogens is 402 g/mol. The van der Waals surface area contributed by atoms with Crippen LogP contribution in [0.2, 0.25) is 5.02 Å². The van der Waals surface area contributed by atoms with E-state index in [2.05, 4.69) is 11.4 Å². The summed E-state index contributed by atoms with van der Waals surface area (Å²) in [5.74, 6) is 0. The van der Waals surface area contributed by atoms with Crippen LogP contribution in [0.25, 0.3) is 0 Å². The van der Waals surface area contributed by atoms with Gasteiger partial charge in [0.05, 0.1) is 10.5 Å². The van der Waals surface area contributed by atoms with Gasteiger partial charge in [-0.05, 0) is 48.6 Å². The van der Waals surface area contributed by atoms with Gasteiger partial charge in [-0.3, -0.25) is 0 Å². The molecule has 144 valence electrons.